The number of piperidine rings is 2. The molecule has 36 heavy (non-hydrogen) atoms. The molecule has 2 saturated heterocycles. The number of likely N-dealkylation sites (tertiary alicyclic amines) is 1. The van der Waals surface area contributed by atoms with Gasteiger partial charge in [0, 0.05) is 49.5 Å². The number of aromatic nitrogens is 1. The molecule has 0 unspecified atom stereocenters. The standard InChI is InChI=1S/C24H28F6N4O2/c1-33-9-6-22(36,7-10-33)12-20(35)32-16-11-15(23(25,26)27)13-34(14-16)19-5-4-18(24(28,29)30)21-17(19)3-2-8-31-21/h2-5,8,15-16,36H,6-7,9-14H2,1H3,(H,32,35)/t15-,16+/m0/s1. The highest BCUT2D eigenvalue weighted by atomic mass is 19.4. The van der Waals surface area contributed by atoms with Crippen LogP contribution >= 0.6 is 0 Å². The molecule has 2 aliphatic heterocycles. The Hall–Kier alpha value is -2.60. The van der Waals surface area contributed by atoms with Crippen LogP contribution in [0.3, 0.4) is 0 Å². The predicted octanol–water partition coefficient (Wildman–Crippen LogP) is 3.97. The second-order valence-electron chi connectivity index (χ2n) is 9.88. The van der Waals surface area contributed by atoms with Gasteiger partial charge in [-0.15, -0.1) is 0 Å². The summed E-state index contributed by atoms with van der Waals surface area (Å²) in [6.07, 6.45) is -7.86. The van der Waals surface area contributed by atoms with Crippen molar-refractivity contribution in [1.82, 2.24) is 15.2 Å². The summed E-state index contributed by atoms with van der Waals surface area (Å²) in [7, 11) is 1.90. The first kappa shape index (κ1) is 26.5. The first-order valence-corrected chi connectivity index (χ1v) is 11.7. The maximum atomic E-state index is 13.8. The zero-order valence-corrected chi connectivity index (χ0v) is 19.7. The molecule has 2 N–H and O–H groups in total. The molecule has 4 rings (SSSR count). The van der Waals surface area contributed by atoms with Gasteiger partial charge in [0.15, 0.2) is 0 Å². The fourth-order valence-corrected chi connectivity index (χ4v) is 5.09. The first-order valence-electron chi connectivity index (χ1n) is 11.7. The van der Waals surface area contributed by atoms with Gasteiger partial charge in [-0.3, -0.25) is 9.78 Å². The zero-order chi connectivity index (χ0) is 26.3. The van der Waals surface area contributed by atoms with Crippen molar-refractivity contribution < 1.29 is 36.2 Å². The number of carbonyl (C=O) groups is 1. The van der Waals surface area contributed by atoms with Crippen LogP contribution in [0.1, 0.15) is 31.2 Å². The molecule has 2 aromatic rings. The van der Waals surface area contributed by atoms with E-state index in [-0.39, 0.29) is 36.0 Å². The number of alkyl halides is 6. The number of amides is 1. The van der Waals surface area contributed by atoms with Gasteiger partial charge in [-0.05, 0) is 50.6 Å². The molecular weight excluding hydrogens is 490 g/mol. The quantitative estimate of drug-likeness (QED) is 0.600. The van der Waals surface area contributed by atoms with E-state index in [2.05, 4.69) is 10.3 Å². The third-order valence-electron chi connectivity index (χ3n) is 7.08. The molecule has 6 nitrogen and oxygen atoms in total. The summed E-state index contributed by atoms with van der Waals surface area (Å²) in [6.45, 7) is 0.731. The molecular formula is C24H28F6N4O2. The normalized spacial score (nSPS) is 23.6. The molecule has 0 aliphatic carbocycles. The van der Waals surface area contributed by atoms with E-state index in [0.29, 0.717) is 25.9 Å². The van der Waals surface area contributed by atoms with E-state index < -0.39 is 47.9 Å². The Kier molecular flexibility index (Phi) is 7.13. The molecule has 0 radical (unpaired) electrons. The molecule has 3 heterocycles. The highest BCUT2D eigenvalue weighted by Gasteiger charge is 2.46. The number of aliphatic hydroxyl groups is 1. The Morgan fingerprint density at radius 1 is 1.14 bits per heavy atom. The Morgan fingerprint density at radius 3 is 2.47 bits per heavy atom. The molecule has 1 aromatic heterocycles. The van der Waals surface area contributed by atoms with Crippen molar-refractivity contribution in [2.75, 3.05) is 38.1 Å². The van der Waals surface area contributed by atoms with Crippen LogP contribution in [0.4, 0.5) is 32.0 Å². The maximum absolute atomic E-state index is 13.8. The molecule has 1 aromatic carbocycles. The number of hydrogen-bond acceptors (Lipinski definition) is 5. The van der Waals surface area contributed by atoms with E-state index in [1.165, 1.54) is 23.2 Å². The summed E-state index contributed by atoms with van der Waals surface area (Å²) in [5.41, 5.74) is -2.35. The average Bonchev–Trinajstić information content (AvgIpc) is 2.79. The first-order chi connectivity index (χ1) is 16.7. The lowest BCUT2D eigenvalue weighted by Crippen LogP contribution is -2.55. The van der Waals surface area contributed by atoms with E-state index in [9.17, 15) is 36.2 Å². The van der Waals surface area contributed by atoms with Gasteiger partial charge in [-0.25, -0.2) is 0 Å². The summed E-state index contributed by atoms with van der Waals surface area (Å²) in [5.74, 6) is -2.34. The van der Waals surface area contributed by atoms with E-state index in [4.69, 9.17) is 0 Å². The molecule has 198 valence electrons. The van der Waals surface area contributed by atoms with Gasteiger partial charge in [-0.1, -0.05) is 0 Å². The number of nitrogens with one attached hydrogen (secondary N) is 1. The number of benzene rings is 1. The van der Waals surface area contributed by atoms with Gasteiger partial charge < -0.3 is 20.2 Å². The number of rotatable bonds is 4. The van der Waals surface area contributed by atoms with Crippen LogP contribution < -0.4 is 10.2 Å². The minimum Gasteiger partial charge on any atom is -0.389 e. The molecule has 0 saturated carbocycles. The lowest BCUT2D eigenvalue weighted by Gasteiger charge is -2.41. The number of fused-ring (bicyclic) bond motifs is 1. The molecule has 0 bridgehead atoms. The van der Waals surface area contributed by atoms with E-state index in [0.717, 1.165) is 12.1 Å². The van der Waals surface area contributed by atoms with Crippen LogP contribution in [0.2, 0.25) is 0 Å². The summed E-state index contributed by atoms with van der Waals surface area (Å²) < 4.78 is 81.9. The summed E-state index contributed by atoms with van der Waals surface area (Å²) in [6, 6.07) is 3.91. The fourth-order valence-electron chi connectivity index (χ4n) is 5.09. The van der Waals surface area contributed by atoms with Gasteiger partial charge in [0.1, 0.15) is 0 Å². The topological polar surface area (TPSA) is 68.7 Å². The third-order valence-corrected chi connectivity index (χ3v) is 7.08. The second kappa shape index (κ2) is 9.70. The minimum absolute atomic E-state index is 0.0190. The Balaban J connectivity index is 1.58. The number of pyridine rings is 1. The number of nitrogens with zero attached hydrogens (tertiary/aromatic N) is 3. The van der Waals surface area contributed by atoms with Crippen LogP contribution in [0, 0.1) is 5.92 Å². The van der Waals surface area contributed by atoms with Crippen molar-refractivity contribution in [3.63, 3.8) is 0 Å². The maximum Gasteiger partial charge on any atom is 0.418 e. The van der Waals surface area contributed by atoms with Gasteiger partial charge in [0.05, 0.1) is 29.0 Å². The van der Waals surface area contributed by atoms with E-state index >= 15 is 0 Å². The van der Waals surface area contributed by atoms with Crippen LogP contribution in [0.25, 0.3) is 10.9 Å². The third kappa shape index (κ3) is 5.86. The zero-order valence-electron chi connectivity index (χ0n) is 19.7. The lowest BCUT2D eigenvalue weighted by atomic mass is 9.87. The van der Waals surface area contributed by atoms with Crippen LogP contribution in [-0.2, 0) is 11.0 Å². The van der Waals surface area contributed by atoms with E-state index in [1.807, 2.05) is 11.9 Å². The van der Waals surface area contributed by atoms with Crippen molar-refractivity contribution in [1.29, 1.82) is 0 Å². The van der Waals surface area contributed by atoms with Crippen molar-refractivity contribution in [3.05, 3.63) is 36.0 Å². The fraction of sp³-hybridized carbons (Fsp3) is 0.583. The monoisotopic (exact) mass is 518 g/mol. The largest absolute Gasteiger partial charge is 0.418 e. The van der Waals surface area contributed by atoms with Gasteiger partial charge in [-0.2, -0.15) is 26.3 Å². The number of carbonyl (C=O) groups excluding carboxylic acids is 1. The molecule has 2 fully saturated rings. The van der Waals surface area contributed by atoms with Crippen LogP contribution in [-0.4, -0.2) is 71.9 Å². The van der Waals surface area contributed by atoms with Crippen LogP contribution in [0.5, 0.6) is 0 Å². The van der Waals surface area contributed by atoms with Crippen molar-refractivity contribution in [2.24, 2.45) is 5.92 Å². The predicted molar refractivity (Wildman–Crippen MR) is 121 cm³/mol. The van der Waals surface area contributed by atoms with Crippen molar-refractivity contribution in [3.8, 4) is 0 Å². The number of halogens is 6. The number of anilines is 1. The lowest BCUT2D eigenvalue weighted by molar-refractivity contribution is -0.178. The minimum atomic E-state index is -4.67. The summed E-state index contributed by atoms with van der Waals surface area (Å²) in [4.78, 5) is 19.9. The SMILES string of the molecule is CN1CCC(O)(CC(=O)N[C@@H]2C[C@H](C(F)(F)F)CN(c3ccc(C(F)(F)F)c4ncccc34)C2)CC1. The Labute approximate surface area is 204 Å². The molecule has 12 heteroatoms. The summed E-state index contributed by atoms with van der Waals surface area (Å²) in [5, 5.41) is 13.5. The molecule has 1 amide bonds. The summed E-state index contributed by atoms with van der Waals surface area (Å²) >= 11 is 0. The van der Waals surface area contributed by atoms with E-state index in [1.54, 1.807) is 0 Å². The van der Waals surface area contributed by atoms with Gasteiger partial charge in [0.25, 0.3) is 0 Å². The van der Waals surface area contributed by atoms with Gasteiger partial charge in [0.2, 0.25) is 5.91 Å². The Bertz CT molecular complexity index is 1100. The molecule has 2 aliphatic rings. The Morgan fingerprint density at radius 2 is 1.83 bits per heavy atom. The highest BCUT2D eigenvalue weighted by molar-refractivity contribution is 5.94. The molecule has 0 spiro atoms. The number of hydrogen-bond donors (Lipinski definition) is 2. The smallest absolute Gasteiger partial charge is 0.389 e. The van der Waals surface area contributed by atoms with Crippen molar-refractivity contribution >= 4 is 22.5 Å². The molecule has 2 atom stereocenters. The van der Waals surface area contributed by atoms with Crippen LogP contribution in [0.15, 0.2) is 30.5 Å². The van der Waals surface area contributed by atoms with Gasteiger partial charge >= 0.3 is 12.4 Å². The highest BCUT2D eigenvalue weighted by Crippen LogP contribution is 2.40. The van der Waals surface area contributed by atoms with Crippen molar-refractivity contribution in [2.45, 2.75) is 49.7 Å². The average molecular weight is 519 g/mol. The second-order valence-corrected chi connectivity index (χ2v) is 9.88.